The van der Waals surface area contributed by atoms with Gasteiger partial charge in [-0.05, 0) is 68.4 Å². The zero-order chi connectivity index (χ0) is 33.0. The van der Waals surface area contributed by atoms with Crippen molar-refractivity contribution in [1.29, 1.82) is 0 Å². The van der Waals surface area contributed by atoms with Crippen LogP contribution < -0.4 is 0 Å². The fraction of sp³-hybridized carbons (Fsp3) is 0.0652. The first-order valence-electron chi connectivity index (χ1n) is 16.8. The zero-order valence-corrected chi connectivity index (χ0v) is 27.4. The quantitative estimate of drug-likeness (QED) is 0.191. The van der Waals surface area contributed by atoms with Crippen molar-refractivity contribution in [2.45, 2.75) is 19.3 Å². The number of rotatable bonds is 5. The summed E-state index contributed by atoms with van der Waals surface area (Å²) in [5.74, 6) is 0.686. The second-order valence-corrected chi connectivity index (χ2v) is 13.3. The number of fused-ring (bicyclic) bond motifs is 5. The van der Waals surface area contributed by atoms with Crippen LogP contribution in [0.3, 0.4) is 0 Å². The van der Waals surface area contributed by atoms with Crippen LogP contribution in [0.2, 0.25) is 0 Å². The van der Waals surface area contributed by atoms with Gasteiger partial charge in [-0.2, -0.15) is 0 Å². The Bertz CT molecular complexity index is 2500. The molecule has 0 N–H and O–H groups in total. The van der Waals surface area contributed by atoms with Gasteiger partial charge in [0.05, 0.1) is 17.1 Å². The Morgan fingerprint density at radius 1 is 0.429 bits per heavy atom. The van der Waals surface area contributed by atoms with Crippen molar-refractivity contribution in [2.75, 3.05) is 0 Å². The van der Waals surface area contributed by atoms with E-state index in [1.807, 2.05) is 30.5 Å². The minimum absolute atomic E-state index is 0.148. The third-order valence-electron chi connectivity index (χ3n) is 9.95. The number of pyridine rings is 1. The van der Waals surface area contributed by atoms with Crippen LogP contribution in [0.15, 0.2) is 164 Å². The summed E-state index contributed by atoms with van der Waals surface area (Å²) >= 11 is 0. The molecule has 0 atom stereocenters. The Balaban J connectivity index is 1.26. The lowest BCUT2D eigenvalue weighted by molar-refractivity contribution is 0.661. The molecule has 1 aliphatic rings. The lowest BCUT2D eigenvalue weighted by Crippen LogP contribution is -2.14. The van der Waals surface area contributed by atoms with Gasteiger partial charge in [0.2, 0.25) is 0 Å². The summed E-state index contributed by atoms with van der Waals surface area (Å²) in [6.07, 6.45) is 1.93. The van der Waals surface area contributed by atoms with Crippen molar-refractivity contribution in [3.63, 3.8) is 0 Å². The second kappa shape index (κ2) is 11.5. The SMILES string of the molecule is CC1(C)c2cccc(-c3cc(-c4ccc(-c5ccccc5)nc4)nc(-c4cccc(-c5ccccc5)c4)n3)c2-c2c1ccc1ccccc21. The monoisotopic (exact) mass is 627 g/mol. The minimum Gasteiger partial charge on any atom is -0.256 e. The Morgan fingerprint density at radius 2 is 1.10 bits per heavy atom. The van der Waals surface area contributed by atoms with Crippen LogP contribution in [0.25, 0.3) is 78.2 Å². The lowest BCUT2D eigenvalue weighted by Gasteiger charge is -2.21. The van der Waals surface area contributed by atoms with Crippen molar-refractivity contribution < 1.29 is 0 Å². The molecule has 0 saturated carbocycles. The Morgan fingerprint density at radius 3 is 1.90 bits per heavy atom. The van der Waals surface area contributed by atoms with Gasteiger partial charge in [0, 0.05) is 33.9 Å². The van der Waals surface area contributed by atoms with Crippen LogP contribution in [-0.2, 0) is 5.41 Å². The average Bonchev–Trinajstić information content (AvgIpc) is 3.42. The maximum absolute atomic E-state index is 5.35. The van der Waals surface area contributed by atoms with Crippen LogP contribution in [0.5, 0.6) is 0 Å². The van der Waals surface area contributed by atoms with E-state index in [1.54, 1.807) is 0 Å². The topological polar surface area (TPSA) is 38.7 Å². The molecular weight excluding hydrogens is 595 g/mol. The summed E-state index contributed by atoms with van der Waals surface area (Å²) in [7, 11) is 0. The summed E-state index contributed by atoms with van der Waals surface area (Å²) in [5, 5.41) is 2.51. The van der Waals surface area contributed by atoms with E-state index in [-0.39, 0.29) is 5.41 Å². The molecule has 232 valence electrons. The van der Waals surface area contributed by atoms with Crippen molar-refractivity contribution >= 4 is 10.8 Å². The zero-order valence-electron chi connectivity index (χ0n) is 27.4. The van der Waals surface area contributed by atoms with Gasteiger partial charge < -0.3 is 0 Å². The van der Waals surface area contributed by atoms with Crippen LogP contribution >= 0.6 is 0 Å². The second-order valence-electron chi connectivity index (χ2n) is 13.3. The van der Waals surface area contributed by atoms with Gasteiger partial charge in [-0.1, -0.05) is 147 Å². The smallest absolute Gasteiger partial charge is 0.160 e. The van der Waals surface area contributed by atoms with Crippen molar-refractivity contribution in [3.8, 4) is 67.4 Å². The molecule has 0 saturated heterocycles. The summed E-state index contributed by atoms with van der Waals surface area (Å²) in [4.78, 5) is 15.4. The highest BCUT2D eigenvalue weighted by Crippen LogP contribution is 2.54. The normalized spacial score (nSPS) is 12.9. The fourth-order valence-electron chi connectivity index (χ4n) is 7.42. The molecule has 0 radical (unpaired) electrons. The maximum Gasteiger partial charge on any atom is 0.160 e. The molecule has 0 bridgehead atoms. The molecule has 3 nitrogen and oxygen atoms in total. The molecule has 3 heteroatoms. The van der Waals surface area contributed by atoms with E-state index < -0.39 is 0 Å². The Hall–Kier alpha value is -6.19. The first-order valence-corrected chi connectivity index (χ1v) is 16.8. The van der Waals surface area contributed by atoms with E-state index in [4.69, 9.17) is 15.0 Å². The third kappa shape index (κ3) is 4.94. The largest absolute Gasteiger partial charge is 0.256 e. The lowest BCUT2D eigenvalue weighted by atomic mass is 9.82. The molecule has 0 amide bonds. The van der Waals surface area contributed by atoms with E-state index in [0.29, 0.717) is 5.82 Å². The highest BCUT2D eigenvalue weighted by Gasteiger charge is 2.38. The van der Waals surface area contributed by atoms with E-state index in [9.17, 15) is 0 Å². The number of benzene rings is 6. The van der Waals surface area contributed by atoms with Crippen LogP contribution in [0.1, 0.15) is 25.0 Å². The highest BCUT2D eigenvalue weighted by atomic mass is 14.9. The molecule has 49 heavy (non-hydrogen) atoms. The van der Waals surface area contributed by atoms with Crippen molar-refractivity contribution in [2.24, 2.45) is 0 Å². The minimum atomic E-state index is -0.148. The van der Waals surface area contributed by atoms with E-state index >= 15 is 0 Å². The summed E-state index contributed by atoms with van der Waals surface area (Å²) in [6, 6.07) is 55.6. The molecule has 0 fully saturated rings. The average molecular weight is 628 g/mol. The highest BCUT2D eigenvalue weighted by molar-refractivity contribution is 6.06. The number of nitrogens with zero attached hydrogens (tertiary/aromatic N) is 3. The van der Waals surface area contributed by atoms with E-state index in [0.717, 1.165) is 50.5 Å². The summed E-state index contributed by atoms with van der Waals surface area (Å²) < 4.78 is 0. The predicted molar refractivity (Wildman–Crippen MR) is 202 cm³/mol. The molecule has 2 aromatic heterocycles. The van der Waals surface area contributed by atoms with Crippen LogP contribution in [0.4, 0.5) is 0 Å². The van der Waals surface area contributed by atoms with Gasteiger partial charge in [0.25, 0.3) is 0 Å². The van der Waals surface area contributed by atoms with Gasteiger partial charge in [0.15, 0.2) is 5.82 Å². The standard InChI is InChI=1S/C46H33N3/c1-46(2)38-22-12-21-37(44(38)43-36-20-10-9-15-31(36)23-25-39(43)46)42-28-41(35-24-26-40(47-29-35)32-16-7-4-8-17-32)48-45(49-42)34-19-11-18-33(27-34)30-13-5-3-6-14-30/h3-29H,1-2H3. The van der Waals surface area contributed by atoms with Gasteiger partial charge in [0.1, 0.15) is 0 Å². The first-order chi connectivity index (χ1) is 24.0. The van der Waals surface area contributed by atoms with Crippen LogP contribution in [0, 0.1) is 0 Å². The number of aromatic nitrogens is 3. The molecule has 1 aliphatic carbocycles. The van der Waals surface area contributed by atoms with Crippen molar-refractivity contribution in [1.82, 2.24) is 15.0 Å². The van der Waals surface area contributed by atoms with Gasteiger partial charge >= 0.3 is 0 Å². The van der Waals surface area contributed by atoms with E-state index in [1.165, 1.54) is 33.0 Å². The Kier molecular flexibility index (Phi) is 6.80. The van der Waals surface area contributed by atoms with Gasteiger partial charge in [-0.3, -0.25) is 4.98 Å². The molecule has 0 spiro atoms. The van der Waals surface area contributed by atoms with Gasteiger partial charge in [-0.25, -0.2) is 9.97 Å². The first kappa shape index (κ1) is 29.0. The number of hydrogen-bond acceptors (Lipinski definition) is 3. The molecule has 2 heterocycles. The maximum atomic E-state index is 5.35. The molecule has 9 rings (SSSR count). The van der Waals surface area contributed by atoms with E-state index in [2.05, 4.69) is 147 Å². The van der Waals surface area contributed by atoms with Gasteiger partial charge in [-0.15, -0.1) is 0 Å². The van der Waals surface area contributed by atoms with Crippen molar-refractivity contribution in [3.05, 3.63) is 175 Å². The van der Waals surface area contributed by atoms with Crippen LogP contribution in [-0.4, -0.2) is 15.0 Å². The predicted octanol–water partition coefficient (Wildman–Crippen LogP) is 11.7. The Labute approximate surface area is 286 Å². The molecule has 0 unspecified atom stereocenters. The third-order valence-corrected chi connectivity index (χ3v) is 9.95. The number of hydrogen-bond donors (Lipinski definition) is 0. The fourth-order valence-corrected chi connectivity index (χ4v) is 7.42. The molecular formula is C46H33N3. The molecule has 0 aliphatic heterocycles. The molecule has 8 aromatic rings. The summed E-state index contributed by atoms with van der Waals surface area (Å²) in [6.45, 7) is 4.67. The summed E-state index contributed by atoms with van der Waals surface area (Å²) in [5.41, 5.74) is 14.1. The molecule has 6 aromatic carbocycles.